The van der Waals surface area contributed by atoms with Crippen LogP contribution in [0.3, 0.4) is 0 Å². The van der Waals surface area contributed by atoms with E-state index < -0.39 is 6.10 Å². The fraction of sp³-hybridized carbons (Fsp3) is 0.296. The first-order valence-corrected chi connectivity index (χ1v) is 13.4. The fourth-order valence-electron chi connectivity index (χ4n) is 5.44. The zero-order chi connectivity index (χ0) is 27.3. The zero-order valence-corrected chi connectivity index (χ0v) is 22.5. The number of H-pyrrole nitrogens is 1. The predicted molar refractivity (Wildman–Crippen MR) is 149 cm³/mol. The Morgan fingerprint density at radius 1 is 1.13 bits per heavy atom. The highest BCUT2D eigenvalue weighted by Crippen LogP contribution is 2.39. The van der Waals surface area contributed by atoms with E-state index >= 15 is 0 Å². The minimum absolute atomic E-state index is 0.0233. The van der Waals surface area contributed by atoms with Gasteiger partial charge in [0.15, 0.2) is 5.65 Å². The summed E-state index contributed by atoms with van der Waals surface area (Å²) in [4.78, 5) is 43.7. The van der Waals surface area contributed by atoms with Gasteiger partial charge in [-0.15, -0.1) is 0 Å². The number of piperidine rings is 1. The number of fused-ring (bicyclic) bond motifs is 2. The third-order valence-corrected chi connectivity index (χ3v) is 8.12. The molecule has 10 nitrogen and oxygen atoms in total. The SMILES string of the molecule is CC(O)c1ncnc2c1c(-c1cccc(Cl)c1Cl)cn2CC(=O)N1CCC(n2c(=O)[nH]c3ncccc32)CC1. The summed E-state index contributed by atoms with van der Waals surface area (Å²) in [6, 6.07) is 8.99. The summed E-state index contributed by atoms with van der Waals surface area (Å²) in [7, 11) is 0. The molecule has 1 aliphatic heterocycles. The number of carbonyl (C=O) groups excluding carboxylic acids is 1. The van der Waals surface area contributed by atoms with Gasteiger partial charge in [-0.25, -0.2) is 19.7 Å². The maximum atomic E-state index is 13.4. The predicted octanol–water partition coefficient (Wildman–Crippen LogP) is 4.36. The van der Waals surface area contributed by atoms with Crippen LogP contribution in [0.5, 0.6) is 0 Å². The molecule has 1 amide bonds. The normalized spacial score (nSPS) is 15.3. The smallest absolute Gasteiger partial charge is 0.327 e. The molecule has 0 aliphatic carbocycles. The summed E-state index contributed by atoms with van der Waals surface area (Å²) in [5, 5.41) is 11.8. The van der Waals surface area contributed by atoms with Crippen LogP contribution in [0.25, 0.3) is 33.3 Å². The van der Waals surface area contributed by atoms with Crippen LogP contribution in [-0.4, -0.2) is 58.1 Å². The number of nitrogens with one attached hydrogen (secondary N) is 1. The highest BCUT2D eigenvalue weighted by molar-refractivity contribution is 6.44. The molecule has 2 N–H and O–H groups in total. The number of halogens is 2. The van der Waals surface area contributed by atoms with Crippen molar-refractivity contribution in [1.82, 2.24) is 34.0 Å². The Balaban J connectivity index is 1.28. The second kappa shape index (κ2) is 10.1. The van der Waals surface area contributed by atoms with Crippen LogP contribution in [0.1, 0.15) is 37.6 Å². The van der Waals surface area contributed by atoms with Gasteiger partial charge in [0, 0.05) is 42.7 Å². The number of nitrogens with zero attached hydrogens (tertiary/aromatic N) is 6. The lowest BCUT2D eigenvalue weighted by Gasteiger charge is -2.32. The maximum Gasteiger partial charge on any atom is 0.327 e. The van der Waals surface area contributed by atoms with Gasteiger partial charge in [-0.3, -0.25) is 14.3 Å². The molecular weight excluding hydrogens is 541 g/mol. The lowest BCUT2D eigenvalue weighted by atomic mass is 10.0. The number of aliphatic hydroxyl groups is 1. The van der Waals surface area contributed by atoms with Crippen LogP contribution in [0, 0.1) is 0 Å². The molecule has 0 bridgehead atoms. The Morgan fingerprint density at radius 2 is 1.92 bits per heavy atom. The Kier molecular flexibility index (Phi) is 6.62. The number of benzene rings is 1. The van der Waals surface area contributed by atoms with Gasteiger partial charge >= 0.3 is 5.69 Å². The molecule has 1 saturated heterocycles. The van der Waals surface area contributed by atoms with Crippen molar-refractivity contribution in [2.75, 3.05) is 13.1 Å². The van der Waals surface area contributed by atoms with Crippen molar-refractivity contribution in [1.29, 1.82) is 0 Å². The van der Waals surface area contributed by atoms with E-state index in [1.54, 1.807) is 34.4 Å². The van der Waals surface area contributed by atoms with Gasteiger partial charge < -0.3 is 14.6 Å². The van der Waals surface area contributed by atoms with E-state index in [2.05, 4.69) is 19.9 Å². The largest absolute Gasteiger partial charge is 0.387 e. The van der Waals surface area contributed by atoms with E-state index in [1.807, 2.05) is 29.3 Å². The molecule has 5 aromatic rings. The summed E-state index contributed by atoms with van der Waals surface area (Å²) in [6.07, 6.45) is 5.28. The number of imidazole rings is 1. The molecule has 1 atom stereocenters. The van der Waals surface area contributed by atoms with Gasteiger partial charge in [0.2, 0.25) is 5.91 Å². The second-order valence-electron chi connectivity index (χ2n) is 9.69. The van der Waals surface area contributed by atoms with Gasteiger partial charge in [-0.05, 0) is 38.0 Å². The van der Waals surface area contributed by atoms with Gasteiger partial charge in [-0.2, -0.15) is 0 Å². The van der Waals surface area contributed by atoms with Crippen LogP contribution < -0.4 is 5.69 Å². The highest BCUT2D eigenvalue weighted by atomic mass is 35.5. The minimum Gasteiger partial charge on any atom is -0.387 e. The molecule has 0 radical (unpaired) electrons. The number of aliphatic hydroxyl groups excluding tert-OH is 1. The molecule has 200 valence electrons. The highest BCUT2D eigenvalue weighted by Gasteiger charge is 2.28. The van der Waals surface area contributed by atoms with E-state index in [9.17, 15) is 14.7 Å². The first kappa shape index (κ1) is 25.5. The minimum atomic E-state index is -0.860. The quantitative estimate of drug-likeness (QED) is 0.326. The number of hydrogen-bond donors (Lipinski definition) is 2. The first-order chi connectivity index (χ1) is 18.8. The van der Waals surface area contributed by atoms with Crippen LogP contribution in [-0.2, 0) is 11.3 Å². The lowest BCUT2D eigenvalue weighted by molar-refractivity contribution is -0.133. The number of carbonyl (C=O) groups is 1. The third kappa shape index (κ3) is 4.48. The van der Waals surface area contributed by atoms with Crippen molar-refractivity contribution < 1.29 is 9.90 Å². The van der Waals surface area contributed by atoms with Crippen molar-refractivity contribution in [2.24, 2.45) is 0 Å². The second-order valence-corrected chi connectivity index (χ2v) is 10.5. The zero-order valence-electron chi connectivity index (χ0n) is 21.0. The first-order valence-electron chi connectivity index (χ1n) is 12.6. The standard InChI is InChI=1S/C27H25Cl2N7O3/c1-15(37)24-22-18(17-4-2-5-19(28)23(17)29)12-35(26(22)32-14-31-24)13-21(38)34-10-7-16(8-11-34)36-20-6-3-9-30-25(20)33-27(36)39/h2-6,9,12,14-16,37H,7-8,10-11,13H2,1H3,(H,30,33,39). The molecule has 0 spiro atoms. The van der Waals surface area contributed by atoms with Gasteiger partial charge in [0.1, 0.15) is 18.5 Å². The Morgan fingerprint density at radius 3 is 2.69 bits per heavy atom. The average molecular weight is 566 g/mol. The van der Waals surface area contributed by atoms with Crippen LogP contribution in [0.4, 0.5) is 0 Å². The number of amides is 1. The summed E-state index contributed by atoms with van der Waals surface area (Å²) in [5.41, 5.74) is 3.46. The lowest BCUT2D eigenvalue weighted by Crippen LogP contribution is -2.41. The molecule has 12 heteroatoms. The number of pyridine rings is 1. The van der Waals surface area contributed by atoms with Gasteiger partial charge in [0.05, 0.1) is 32.7 Å². The molecule has 0 saturated carbocycles. The number of aromatic amines is 1. The summed E-state index contributed by atoms with van der Waals surface area (Å²) in [6.45, 7) is 2.71. The van der Waals surface area contributed by atoms with Gasteiger partial charge in [0.25, 0.3) is 0 Å². The molecule has 4 aromatic heterocycles. The number of likely N-dealkylation sites (tertiary alicyclic amines) is 1. The van der Waals surface area contributed by atoms with E-state index in [1.165, 1.54) is 6.33 Å². The average Bonchev–Trinajstić information content (AvgIpc) is 3.47. The van der Waals surface area contributed by atoms with Crippen molar-refractivity contribution in [2.45, 2.75) is 38.5 Å². The van der Waals surface area contributed by atoms with Crippen molar-refractivity contribution >= 4 is 51.3 Å². The molecule has 39 heavy (non-hydrogen) atoms. The number of hydrogen-bond acceptors (Lipinski definition) is 6. The Labute approximate surface area is 232 Å². The molecule has 6 rings (SSSR count). The summed E-state index contributed by atoms with van der Waals surface area (Å²) in [5.74, 6) is -0.0701. The molecular formula is C27H25Cl2N7O3. The van der Waals surface area contributed by atoms with Crippen molar-refractivity contribution in [3.63, 3.8) is 0 Å². The van der Waals surface area contributed by atoms with Crippen LogP contribution in [0.15, 0.2) is 53.8 Å². The summed E-state index contributed by atoms with van der Waals surface area (Å²) >= 11 is 12.8. The Bertz CT molecular complexity index is 1770. The molecule has 1 unspecified atom stereocenters. The molecule has 1 aliphatic rings. The van der Waals surface area contributed by atoms with E-state index in [0.29, 0.717) is 69.5 Å². The van der Waals surface area contributed by atoms with E-state index in [-0.39, 0.29) is 24.2 Å². The third-order valence-electron chi connectivity index (χ3n) is 7.30. The molecule has 1 fully saturated rings. The topological polar surface area (TPSA) is 122 Å². The monoisotopic (exact) mass is 565 g/mol. The van der Waals surface area contributed by atoms with E-state index in [4.69, 9.17) is 23.2 Å². The Hall–Kier alpha value is -3.73. The van der Waals surface area contributed by atoms with Gasteiger partial charge in [-0.1, -0.05) is 35.3 Å². The van der Waals surface area contributed by atoms with E-state index in [0.717, 1.165) is 5.52 Å². The summed E-state index contributed by atoms with van der Waals surface area (Å²) < 4.78 is 3.51. The van der Waals surface area contributed by atoms with Crippen molar-refractivity contribution in [3.05, 3.63) is 75.3 Å². The number of rotatable bonds is 5. The van der Waals surface area contributed by atoms with Crippen molar-refractivity contribution in [3.8, 4) is 11.1 Å². The molecule has 1 aromatic carbocycles. The van der Waals surface area contributed by atoms with Crippen LogP contribution >= 0.6 is 23.2 Å². The maximum absolute atomic E-state index is 13.4. The molecule has 5 heterocycles. The van der Waals surface area contributed by atoms with Crippen LogP contribution in [0.2, 0.25) is 10.0 Å². The fourth-order valence-corrected chi connectivity index (χ4v) is 5.84. The number of aromatic nitrogens is 6.